The maximum Gasteiger partial charge on any atom is 0.319 e. The lowest BCUT2D eigenvalue weighted by molar-refractivity contribution is -0.104. The Bertz CT molecular complexity index is 1470. The first-order valence-electron chi connectivity index (χ1n) is 12.3. The Morgan fingerprint density at radius 2 is 2.11 bits per heavy atom. The van der Waals surface area contributed by atoms with Gasteiger partial charge in [-0.2, -0.15) is 5.10 Å². The smallest absolute Gasteiger partial charge is 0.319 e. The summed E-state index contributed by atoms with van der Waals surface area (Å²) in [5.41, 5.74) is 4.17. The van der Waals surface area contributed by atoms with Gasteiger partial charge in [-0.3, -0.25) is 5.10 Å². The molecule has 4 N–H and O–H groups in total. The van der Waals surface area contributed by atoms with Crippen LogP contribution >= 0.6 is 0 Å². The molecular formula is C27H29FN6O4. The Hall–Kier alpha value is -4.09. The molecule has 0 spiro atoms. The van der Waals surface area contributed by atoms with Gasteiger partial charge in [-0.1, -0.05) is 6.92 Å². The fraction of sp³-hybridized carbons (Fsp3) is 0.333. The number of halogens is 1. The largest absolute Gasteiger partial charge is 0.475 e. The summed E-state index contributed by atoms with van der Waals surface area (Å²) in [6.07, 6.45) is 4.10. The molecule has 0 radical (unpaired) electrons. The van der Waals surface area contributed by atoms with Gasteiger partial charge in [-0.15, -0.1) is 0 Å². The van der Waals surface area contributed by atoms with Crippen LogP contribution in [-0.2, 0) is 4.74 Å². The van der Waals surface area contributed by atoms with Crippen molar-refractivity contribution in [3.05, 3.63) is 54.1 Å². The molecule has 4 heterocycles. The van der Waals surface area contributed by atoms with Gasteiger partial charge in [-0.25, -0.2) is 19.2 Å². The molecule has 38 heavy (non-hydrogen) atoms. The number of hydrogen-bond acceptors (Lipinski definition) is 7. The third-order valence-corrected chi connectivity index (χ3v) is 6.56. The van der Waals surface area contributed by atoms with E-state index in [0.29, 0.717) is 53.7 Å². The maximum absolute atomic E-state index is 14.9. The van der Waals surface area contributed by atoms with E-state index >= 15 is 0 Å². The summed E-state index contributed by atoms with van der Waals surface area (Å²) in [7, 11) is 0. The average Bonchev–Trinajstić information content (AvgIpc) is 3.37. The van der Waals surface area contributed by atoms with Gasteiger partial charge < -0.3 is 25.2 Å². The number of benzene rings is 1. The van der Waals surface area contributed by atoms with Gasteiger partial charge in [0, 0.05) is 35.2 Å². The van der Waals surface area contributed by atoms with Crippen LogP contribution in [0.3, 0.4) is 0 Å². The van der Waals surface area contributed by atoms with Gasteiger partial charge in [0.1, 0.15) is 12.4 Å². The summed E-state index contributed by atoms with van der Waals surface area (Å²) in [5.74, 6) is -0.245. The third kappa shape index (κ3) is 5.43. The fourth-order valence-electron chi connectivity index (χ4n) is 4.42. The van der Waals surface area contributed by atoms with Crippen molar-refractivity contribution in [1.82, 2.24) is 25.5 Å². The molecule has 1 aliphatic heterocycles. The minimum Gasteiger partial charge on any atom is -0.475 e. The summed E-state index contributed by atoms with van der Waals surface area (Å²) < 4.78 is 25.8. The van der Waals surface area contributed by atoms with Crippen LogP contribution in [0.5, 0.6) is 5.88 Å². The highest BCUT2D eigenvalue weighted by molar-refractivity contribution is 5.93. The molecule has 0 bridgehead atoms. The molecule has 2 amide bonds. The van der Waals surface area contributed by atoms with E-state index in [1.807, 2.05) is 12.1 Å². The lowest BCUT2D eigenvalue weighted by Crippen LogP contribution is -2.43. The van der Waals surface area contributed by atoms with E-state index in [1.165, 1.54) is 6.07 Å². The summed E-state index contributed by atoms with van der Waals surface area (Å²) in [4.78, 5) is 21.4. The van der Waals surface area contributed by atoms with Crippen LogP contribution in [0.2, 0.25) is 0 Å². The summed E-state index contributed by atoms with van der Waals surface area (Å²) in [5, 5.41) is 22.4. The van der Waals surface area contributed by atoms with Crippen LogP contribution in [-0.4, -0.2) is 64.3 Å². The van der Waals surface area contributed by atoms with Gasteiger partial charge in [0.2, 0.25) is 5.88 Å². The number of aromatic nitrogens is 4. The number of nitrogens with zero attached hydrogens (tertiary/aromatic N) is 3. The molecule has 1 fully saturated rings. The van der Waals surface area contributed by atoms with E-state index in [4.69, 9.17) is 9.47 Å². The second-order valence-electron chi connectivity index (χ2n) is 9.72. The number of urea groups is 1. The van der Waals surface area contributed by atoms with Crippen molar-refractivity contribution in [3.63, 3.8) is 0 Å². The van der Waals surface area contributed by atoms with Gasteiger partial charge in [-0.05, 0) is 54.3 Å². The first-order chi connectivity index (χ1) is 18.3. The minimum absolute atomic E-state index is 0.0543. The van der Waals surface area contributed by atoms with Crippen LogP contribution in [0, 0.1) is 18.2 Å². The number of carbonyl (C=O) groups is 1. The molecule has 0 atom stereocenters. The number of pyridine rings is 2. The molecule has 3 aromatic heterocycles. The average molecular weight is 521 g/mol. The molecule has 0 unspecified atom stereocenters. The van der Waals surface area contributed by atoms with Crippen LogP contribution in [0.25, 0.3) is 33.4 Å². The van der Waals surface area contributed by atoms with Crippen molar-refractivity contribution in [2.75, 3.05) is 38.3 Å². The Kier molecular flexibility index (Phi) is 7.21. The van der Waals surface area contributed by atoms with Gasteiger partial charge in [0.25, 0.3) is 0 Å². The monoisotopic (exact) mass is 520 g/mol. The molecule has 198 valence electrons. The molecule has 1 aliphatic rings. The first kappa shape index (κ1) is 25.6. The van der Waals surface area contributed by atoms with Crippen molar-refractivity contribution in [2.45, 2.75) is 20.3 Å². The Morgan fingerprint density at radius 3 is 2.87 bits per heavy atom. The van der Waals surface area contributed by atoms with Crippen molar-refractivity contribution in [1.29, 1.82) is 0 Å². The van der Waals surface area contributed by atoms with E-state index in [-0.39, 0.29) is 24.3 Å². The SMILES string of the molecule is Cc1cc(F)c(NC(=O)NCCC2(C)COC2)cc1-c1cc(OCCO)nc(-c2ccnc3[nH]ncc23)c1. The predicted octanol–water partition coefficient (Wildman–Crippen LogP) is 4.05. The van der Waals surface area contributed by atoms with Crippen molar-refractivity contribution >= 4 is 22.8 Å². The zero-order valence-corrected chi connectivity index (χ0v) is 21.2. The number of rotatable bonds is 9. The Balaban J connectivity index is 1.45. The van der Waals surface area contributed by atoms with Gasteiger partial charge >= 0.3 is 6.03 Å². The molecule has 4 aromatic rings. The molecule has 10 nitrogen and oxygen atoms in total. The van der Waals surface area contributed by atoms with E-state index in [9.17, 15) is 14.3 Å². The number of aromatic amines is 1. The number of aliphatic hydroxyl groups is 1. The van der Waals surface area contributed by atoms with E-state index in [2.05, 4.69) is 37.7 Å². The molecule has 0 aliphatic carbocycles. The van der Waals surface area contributed by atoms with Crippen LogP contribution in [0.4, 0.5) is 14.9 Å². The van der Waals surface area contributed by atoms with Crippen LogP contribution in [0.15, 0.2) is 42.7 Å². The molecule has 0 saturated carbocycles. The Labute approximate surface area is 218 Å². The number of anilines is 1. The number of nitrogens with one attached hydrogen (secondary N) is 3. The second kappa shape index (κ2) is 10.7. The minimum atomic E-state index is -0.541. The molecule has 1 aromatic carbocycles. The number of H-pyrrole nitrogens is 1. The van der Waals surface area contributed by atoms with Gasteiger partial charge in [0.05, 0.1) is 37.4 Å². The molecule has 1 saturated heterocycles. The number of carbonyl (C=O) groups excluding carboxylic acids is 1. The number of fused-ring (bicyclic) bond motifs is 1. The van der Waals surface area contributed by atoms with Gasteiger partial charge in [0.15, 0.2) is 5.65 Å². The summed E-state index contributed by atoms with van der Waals surface area (Å²) >= 11 is 0. The lowest BCUT2D eigenvalue weighted by atomic mass is 9.85. The number of ether oxygens (including phenoxy) is 2. The van der Waals surface area contributed by atoms with E-state index < -0.39 is 11.8 Å². The van der Waals surface area contributed by atoms with Crippen molar-refractivity contribution in [2.24, 2.45) is 5.41 Å². The standard InChI is InChI=1S/C27H29FN6O4/c1-16-9-21(28)23(33-26(36)30-6-4-27(2)14-37-15-27)12-19(16)17-10-22(32-24(11-17)38-8-7-35)18-3-5-29-25-20(18)13-31-34-25/h3,5,9-13,35H,4,6-8,14-15H2,1-2H3,(H,29,31,34)(H2,30,33,36). The topological polar surface area (TPSA) is 134 Å². The Morgan fingerprint density at radius 1 is 1.26 bits per heavy atom. The summed E-state index contributed by atoms with van der Waals surface area (Å²) in [6, 6.07) is 7.90. The number of hydrogen-bond donors (Lipinski definition) is 4. The van der Waals surface area contributed by atoms with Crippen LogP contribution in [0.1, 0.15) is 18.9 Å². The predicted molar refractivity (Wildman–Crippen MR) is 140 cm³/mol. The zero-order chi connectivity index (χ0) is 26.7. The van der Waals surface area contributed by atoms with E-state index in [0.717, 1.165) is 17.4 Å². The number of aliphatic hydroxyl groups excluding tert-OH is 1. The fourth-order valence-corrected chi connectivity index (χ4v) is 4.42. The number of aryl methyl sites for hydroxylation is 1. The first-order valence-corrected chi connectivity index (χ1v) is 12.3. The zero-order valence-electron chi connectivity index (χ0n) is 21.2. The highest BCUT2D eigenvalue weighted by Gasteiger charge is 2.32. The molecule has 11 heteroatoms. The highest BCUT2D eigenvalue weighted by atomic mass is 19.1. The van der Waals surface area contributed by atoms with Crippen LogP contribution < -0.4 is 15.4 Å². The quantitative estimate of drug-likeness (QED) is 0.262. The lowest BCUT2D eigenvalue weighted by Gasteiger charge is -2.38. The molecule has 5 rings (SSSR count). The van der Waals surface area contributed by atoms with E-state index in [1.54, 1.807) is 31.5 Å². The molecular weight excluding hydrogens is 491 g/mol. The third-order valence-electron chi connectivity index (χ3n) is 6.56. The second-order valence-corrected chi connectivity index (χ2v) is 9.72. The summed E-state index contributed by atoms with van der Waals surface area (Å²) in [6.45, 7) is 5.60. The number of amides is 2. The normalized spacial score (nSPS) is 14.2. The van der Waals surface area contributed by atoms with Crippen molar-refractivity contribution in [3.8, 4) is 28.3 Å². The van der Waals surface area contributed by atoms with Crippen molar-refractivity contribution < 1.29 is 23.8 Å². The highest BCUT2D eigenvalue weighted by Crippen LogP contribution is 2.35. The maximum atomic E-state index is 14.9.